The number of hydrogen-bond acceptors (Lipinski definition) is 3. The number of halogens is 1. The van der Waals surface area contributed by atoms with Gasteiger partial charge in [-0.3, -0.25) is 0 Å². The molecule has 2 aromatic rings. The average molecular weight is 294 g/mol. The number of thioether (sulfide) groups is 1. The van der Waals surface area contributed by atoms with E-state index in [2.05, 4.69) is 17.2 Å². The smallest absolute Gasteiger partial charge is 0.0555 e. The molecule has 4 heteroatoms. The first-order chi connectivity index (χ1) is 8.79. The summed E-state index contributed by atoms with van der Waals surface area (Å²) in [6.45, 7) is 0.402. The summed E-state index contributed by atoms with van der Waals surface area (Å²) in [6.07, 6.45) is 0. The lowest BCUT2D eigenvalue weighted by molar-refractivity contribution is 1.30. The van der Waals surface area contributed by atoms with Crippen molar-refractivity contribution in [3.05, 3.63) is 51.2 Å². The van der Waals surface area contributed by atoms with Gasteiger partial charge >= 0.3 is 0 Å². The van der Waals surface area contributed by atoms with Gasteiger partial charge in [-0.1, -0.05) is 23.4 Å². The van der Waals surface area contributed by atoms with Gasteiger partial charge in [0.2, 0.25) is 0 Å². The summed E-state index contributed by atoms with van der Waals surface area (Å²) in [4.78, 5) is 2.50. The summed E-state index contributed by atoms with van der Waals surface area (Å²) in [5.74, 6) is 6.92. The highest BCUT2D eigenvalue weighted by molar-refractivity contribution is 7.98. The van der Waals surface area contributed by atoms with Crippen LogP contribution in [0.4, 0.5) is 0 Å². The second kappa shape index (κ2) is 6.86. The Bertz CT molecular complexity index is 563. The fourth-order valence-electron chi connectivity index (χ4n) is 1.39. The van der Waals surface area contributed by atoms with E-state index in [-0.39, 0.29) is 0 Å². The van der Waals surface area contributed by atoms with Crippen LogP contribution in [0.2, 0.25) is 5.02 Å². The van der Waals surface area contributed by atoms with Gasteiger partial charge in [0.05, 0.1) is 6.54 Å². The zero-order valence-electron chi connectivity index (χ0n) is 9.65. The zero-order chi connectivity index (χ0) is 12.8. The van der Waals surface area contributed by atoms with Gasteiger partial charge in [-0.15, -0.1) is 23.1 Å². The Morgan fingerprint density at radius 2 is 2.00 bits per heavy atom. The van der Waals surface area contributed by atoms with Gasteiger partial charge in [0, 0.05) is 26.1 Å². The number of thiophene rings is 1. The third-order valence-electron chi connectivity index (χ3n) is 2.25. The lowest BCUT2D eigenvalue weighted by atomic mass is 10.3. The van der Waals surface area contributed by atoms with Crippen LogP contribution in [-0.2, 0) is 5.75 Å². The molecular formula is C14H12ClNS2. The maximum Gasteiger partial charge on any atom is 0.0555 e. The van der Waals surface area contributed by atoms with Crippen molar-refractivity contribution in [3.8, 4) is 11.8 Å². The van der Waals surface area contributed by atoms with Gasteiger partial charge in [-0.2, -0.15) is 0 Å². The summed E-state index contributed by atoms with van der Waals surface area (Å²) >= 11 is 9.38. The molecular weight excluding hydrogens is 282 g/mol. The van der Waals surface area contributed by atoms with E-state index in [1.165, 1.54) is 9.77 Å². The average Bonchev–Trinajstić information content (AvgIpc) is 2.83. The number of hydrogen-bond donors (Lipinski definition) is 1. The molecule has 0 saturated carbocycles. The molecule has 0 bridgehead atoms. The van der Waals surface area contributed by atoms with E-state index in [0.717, 1.165) is 16.3 Å². The molecule has 0 atom stereocenters. The Hall–Kier alpha value is -0.920. The molecule has 18 heavy (non-hydrogen) atoms. The first-order valence-electron chi connectivity index (χ1n) is 5.43. The minimum atomic E-state index is 0.402. The van der Waals surface area contributed by atoms with Crippen LogP contribution in [0.5, 0.6) is 0 Å². The highest BCUT2D eigenvalue weighted by atomic mass is 35.5. The topological polar surface area (TPSA) is 26.0 Å². The van der Waals surface area contributed by atoms with Gasteiger partial charge < -0.3 is 5.73 Å². The normalized spacial score (nSPS) is 9.89. The summed E-state index contributed by atoms with van der Waals surface area (Å²) in [6, 6.07) is 9.93. The molecule has 0 fully saturated rings. The molecule has 0 saturated heterocycles. The quantitative estimate of drug-likeness (QED) is 0.684. The van der Waals surface area contributed by atoms with Crippen LogP contribution in [0.25, 0.3) is 0 Å². The monoisotopic (exact) mass is 293 g/mol. The predicted octanol–water partition coefficient (Wildman–Crippen LogP) is 4.00. The van der Waals surface area contributed by atoms with E-state index in [9.17, 15) is 0 Å². The standard InChI is InChI=1S/C14H12ClNS2/c15-12-3-5-13(6-4-12)18-10-14-11(2-1-8-16)7-9-17-14/h3-7,9H,8,10,16H2. The van der Waals surface area contributed by atoms with Crippen molar-refractivity contribution < 1.29 is 0 Å². The minimum absolute atomic E-state index is 0.402. The van der Waals surface area contributed by atoms with Crippen LogP contribution in [0.3, 0.4) is 0 Å². The third kappa shape index (κ3) is 3.79. The largest absolute Gasteiger partial charge is 0.320 e. The van der Waals surface area contributed by atoms with Crippen molar-refractivity contribution in [1.82, 2.24) is 0 Å². The van der Waals surface area contributed by atoms with Crippen molar-refractivity contribution >= 4 is 34.7 Å². The fourth-order valence-corrected chi connectivity index (χ4v) is 3.36. The van der Waals surface area contributed by atoms with Crippen LogP contribution in [-0.4, -0.2) is 6.54 Å². The van der Waals surface area contributed by atoms with Crippen molar-refractivity contribution in [2.45, 2.75) is 10.6 Å². The number of nitrogens with two attached hydrogens (primary N) is 1. The van der Waals surface area contributed by atoms with Gasteiger partial charge in [-0.25, -0.2) is 0 Å². The Kier molecular flexibility index (Phi) is 5.15. The van der Waals surface area contributed by atoms with E-state index in [1.807, 2.05) is 30.3 Å². The van der Waals surface area contributed by atoms with E-state index >= 15 is 0 Å². The molecule has 2 N–H and O–H groups in total. The molecule has 1 heterocycles. The van der Waals surface area contributed by atoms with E-state index in [1.54, 1.807) is 23.1 Å². The lowest BCUT2D eigenvalue weighted by Crippen LogP contribution is -1.93. The molecule has 0 spiro atoms. The summed E-state index contributed by atoms with van der Waals surface area (Å²) in [5.41, 5.74) is 6.48. The Morgan fingerprint density at radius 1 is 1.22 bits per heavy atom. The Balaban J connectivity index is 2.02. The molecule has 92 valence electrons. The van der Waals surface area contributed by atoms with Crippen LogP contribution >= 0.6 is 34.7 Å². The number of rotatable bonds is 3. The van der Waals surface area contributed by atoms with Crippen molar-refractivity contribution in [1.29, 1.82) is 0 Å². The van der Waals surface area contributed by atoms with Crippen LogP contribution < -0.4 is 5.73 Å². The highest BCUT2D eigenvalue weighted by Gasteiger charge is 2.03. The van der Waals surface area contributed by atoms with Crippen molar-refractivity contribution in [2.75, 3.05) is 6.54 Å². The molecule has 0 aliphatic rings. The molecule has 0 radical (unpaired) electrons. The predicted molar refractivity (Wildman–Crippen MR) is 81.3 cm³/mol. The zero-order valence-corrected chi connectivity index (χ0v) is 12.0. The molecule has 1 nitrogen and oxygen atoms in total. The number of benzene rings is 1. The van der Waals surface area contributed by atoms with E-state index in [0.29, 0.717) is 6.54 Å². The SMILES string of the molecule is NCC#Cc1ccsc1CSc1ccc(Cl)cc1. The summed E-state index contributed by atoms with van der Waals surface area (Å²) in [7, 11) is 0. The first kappa shape index (κ1) is 13.5. The molecule has 0 amide bonds. The summed E-state index contributed by atoms with van der Waals surface area (Å²) in [5, 5.41) is 2.84. The minimum Gasteiger partial charge on any atom is -0.320 e. The molecule has 1 aromatic heterocycles. The summed E-state index contributed by atoms with van der Waals surface area (Å²) < 4.78 is 0. The van der Waals surface area contributed by atoms with Crippen LogP contribution in [0, 0.1) is 11.8 Å². The first-order valence-corrected chi connectivity index (χ1v) is 7.67. The van der Waals surface area contributed by atoms with Crippen LogP contribution in [0.15, 0.2) is 40.6 Å². The molecule has 2 rings (SSSR count). The lowest BCUT2D eigenvalue weighted by Gasteiger charge is -2.00. The highest BCUT2D eigenvalue weighted by Crippen LogP contribution is 2.28. The molecule has 0 unspecified atom stereocenters. The Morgan fingerprint density at radius 3 is 2.72 bits per heavy atom. The van der Waals surface area contributed by atoms with Gasteiger partial charge in [-0.05, 0) is 35.7 Å². The van der Waals surface area contributed by atoms with Crippen molar-refractivity contribution in [2.24, 2.45) is 5.73 Å². The second-order valence-corrected chi connectivity index (χ2v) is 5.99. The van der Waals surface area contributed by atoms with E-state index in [4.69, 9.17) is 17.3 Å². The van der Waals surface area contributed by atoms with E-state index < -0.39 is 0 Å². The van der Waals surface area contributed by atoms with Gasteiger partial charge in [0.25, 0.3) is 0 Å². The molecule has 0 aliphatic carbocycles. The van der Waals surface area contributed by atoms with Gasteiger partial charge in [0.1, 0.15) is 0 Å². The molecule has 1 aromatic carbocycles. The van der Waals surface area contributed by atoms with Crippen molar-refractivity contribution in [3.63, 3.8) is 0 Å². The van der Waals surface area contributed by atoms with Gasteiger partial charge in [0.15, 0.2) is 0 Å². The second-order valence-electron chi connectivity index (χ2n) is 3.51. The third-order valence-corrected chi connectivity index (χ3v) is 4.65. The maximum absolute atomic E-state index is 5.86. The maximum atomic E-state index is 5.86. The fraction of sp³-hybridized carbons (Fsp3) is 0.143. The molecule has 0 aliphatic heterocycles. The van der Waals surface area contributed by atoms with Crippen LogP contribution in [0.1, 0.15) is 10.4 Å². The Labute approximate surface area is 120 Å².